The molecule has 5 nitrogen and oxygen atoms in total. The van der Waals surface area contributed by atoms with Crippen molar-refractivity contribution in [2.75, 3.05) is 25.1 Å². The fourth-order valence-electron chi connectivity index (χ4n) is 2.50. The molecule has 2 N–H and O–H groups in total. The van der Waals surface area contributed by atoms with Crippen molar-refractivity contribution in [2.24, 2.45) is 5.92 Å². The van der Waals surface area contributed by atoms with Crippen molar-refractivity contribution >= 4 is 11.8 Å². The Bertz CT molecular complexity index is 491. The molecule has 0 saturated heterocycles. The summed E-state index contributed by atoms with van der Waals surface area (Å²) in [5.74, 6) is -0.0226. The van der Waals surface area contributed by atoms with Gasteiger partial charge in [-0.2, -0.15) is 0 Å². The minimum atomic E-state index is -0.754. The van der Waals surface area contributed by atoms with Gasteiger partial charge in [-0.05, 0) is 50.2 Å². The van der Waals surface area contributed by atoms with Crippen LogP contribution < -0.4 is 5.32 Å². The highest BCUT2D eigenvalue weighted by atomic mass is 16.5. The van der Waals surface area contributed by atoms with Crippen LogP contribution in [0.1, 0.15) is 43.9 Å². The number of aromatic nitrogens is 1. The number of rotatable bonds is 9. The summed E-state index contributed by atoms with van der Waals surface area (Å²) >= 11 is 0. The van der Waals surface area contributed by atoms with Crippen molar-refractivity contribution in [3.63, 3.8) is 0 Å². The molecule has 0 amide bonds. The van der Waals surface area contributed by atoms with Crippen molar-refractivity contribution in [1.82, 2.24) is 4.98 Å². The zero-order valence-corrected chi connectivity index (χ0v) is 13.3. The zero-order chi connectivity index (χ0) is 15.8. The Hall–Kier alpha value is -1.62. The average Bonchev–Trinajstić information content (AvgIpc) is 2.53. The smallest absolute Gasteiger partial charge is 0.306 e. The zero-order valence-electron chi connectivity index (χ0n) is 13.3. The molecule has 0 bridgehead atoms. The lowest BCUT2D eigenvalue weighted by Gasteiger charge is -2.17. The van der Waals surface area contributed by atoms with Gasteiger partial charge in [0.2, 0.25) is 0 Å². The van der Waals surface area contributed by atoms with Crippen molar-refractivity contribution in [2.45, 2.75) is 45.4 Å². The number of carboxylic acids is 1. The largest absolute Gasteiger partial charge is 0.481 e. The first-order valence-electron chi connectivity index (χ1n) is 8.20. The predicted molar refractivity (Wildman–Crippen MR) is 86.2 cm³/mol. The Morgan fingerprint density at radius 2 is 2.27 bits per heavy atom. The summed E-state index contributed by atoms with van der Waals surface area (Å²) in [5, 5.41) is 12.1. The van der Waals surface area contributed by atoms with Crippen LogP contribution in [0.5, 0.6) is 0 Å². The number of hydrogen-bond donors (Lipinski definition) is 2. The number of hydrogen-bond acceptors (Lipinski definition) is 4. The van der Waals surface area contributed by atoms with Crippen molar-refractivity contribution in [3.8, 4) is 0 Å². The maximum Gasteiger partial charge on any atom is 0.306 e. The number of aliphatic carboxylic acids is 1. The van der Waals surface area contributed by atoms with E-state index in [0.29, 0.717) is 19.6 Å². The Balaban J connectivity index is 1.58. The fraction of sp³-hybridized carbons (Fsp3) is 0.647. The third kappa shape index (κ3) is 5.30. The Morgan fingerprint density at radius 3 is 3.09 bits per heavy atom. The van der Waals surface area contributed by atoms with Crippen LogP contribution in [0.15, 0.2) is 12.1 Å². The van der Waals surface area contributed by atoms with E-state index in [4.69, 9.17) is 9.84 Å². The number of nitrogens with zero attached hydrogens (tertiary/aromatic N) is 1. The average molecular weight is 306 g/mol. The molecule has 0 aliphatic carbocycles. The molecule has 1 aromatic heterocycles. The molecular formula is C17H26N2O3. The summed E-state index contributed by atoms with van der Waals surface area (Å²) in [4.78, 5) is 15.3. The Labute approximate surface area is 132 Å². The van der Waals surface area contributed by atoms with Crippen molar-refractivity contribution < 1.29 is 14.6 Å². The molecule has 0 spiro atoms. The second-order valence-electron chi connectivity index (χ2n) is 5.94. The summed E-state index contributed by atoms with van der Waals surface area (Å²) < 4.78 is 5.49. The maximum absolute atomic E-state index is 10.7. The number of anilines is 1. The molecule has 0 unspecified atom stereocenters. The highest BCUT2D eigenvalue weighted by Crippen LogP contribution is 2.20. The van der Waals surface area contributed by atoms with Crippen LogP contribution in [0.2, 0.25) is 0 Å². The minimum Gasteiger partial charge on any atom is -0.481 e. The van der Waals surface area contributed by atoms with Gasteiger partial charge in [0, 0.05) is 25.5 Å². The van der Waals surface area contributed by atoms with Crippen LogP contribution in [0.25, 0.3) is 0 Å². The monoisotopic (exact) mass is 306 g/mol. The highest BCUT2D eigenvalue weighted by molar-refractivity contribution is 5.69. The van der Waals surface area contributed by atoms with Gasteiger partial charge < -0.3 is 15.2 Å². The van der Waals surface area contributed by atoms with Crippen LogP contribution in [0, 0.1) is 5.92 Å². The maximum atomic E-state index is 10.7. The molecule has 0 fully saturated rings. The van der Waals surface area contributed by atoms with Crippen LogP contribution >= 0.6 is 0 Å². The van der Waals surface area contributed by atoms with E-state index >= 15 is 0 Å². The normalized spacial score (nSPS) is 15.0. The summed E-state index contributed by atoms with van der Waals surface area (Å²) in [7, 11) is 0. The van der Waals surface area contributed by atoms with Gasteiger partial charge in [-0.25, -0.2) is 4.98 Å². The van der Waals surface area contributed by atoms with Gasteiger partial charge in [-0.3, -0.25) is 4.79 Å². The number of unbranched alkanes of at least 4 members (excludes halogenated alkanes) is 1. The van der Waals surface area contributed by atoms with Crippen LogP contribution in [0.3, 0.4) is 0 Å². The topological polar surface area (TPSA) is 71.5 Å². The minimum absolute atomic E-state index is 0.327. The molecular weight excluding hydrogens is 280 g/mol. The van der Waals surface area contributed by atoms with E-state index in [9.17, 15) is 4.79 Å². The third-order valence-corrected chi connectivity index (χ3v) is 4.04. The number of carboxylic acid groups (broad SMARTS) is 1. The summed E-state index contributed by atoms with van der Waals surface area (Å²) in [6.45, 7) is 3.94. The number of aryl methyl sites for hydroxylation is 2. The molecule has 2 heterocycles. The lowest BCUT2D eigenvalue weighted by Crippen LogP contribution is -2.14. The molecule has 1 aliphatic heterocycles. The molecule has 1 atom stereocenters. The molecule has 1 aromatic rings. The quantitative estimate of drug-likeness (QED) is 0.686. The first-order chi connectivity index (χ1) is 10.7. The predicted octanol–water partition coefficient (Wildman–Crippen LogP) is 2.89. The fourth-order valence-corrected chi connectivity index (χ4v) is 2.50. The molecule has 0 aromatic carbocycles. The highest BCUT2D eigenvalue weighted by Gasteiger charge is 2.11. The van der Waals surface area contributed by atoms with Gasteiger partial charge in [0.1, 0.15) is 5.82 Å². The molecule has 5 heteroatoms. The van der Waals surface area contributed by atoms with E-state index in [1.807, 2.05) is 0 Å². The lowest BCUT2D eigenvalue weighted by molar-refractivity contribution is -0.141. The first-order valence-corrected chi connectivity index (χ1v) is 8.20. The van der Waals surface area contributed by atoms with E-state index in [0.717, 1.165) is 43.7 Å². The van der Waals surface area contributed by atoms with E-state index in [1.54, 1.807) is 6.92 Å². The standard InChI is InChI=1S/C17H26N2O3/c1-13(17(20)21)9-12-22-11-3-2-6-15-8-7-14-5-4-10-18-16(14)19-15/h7-8,13H,2-6,9-12H2,1H3,(H,18,19)(H,20,21)/t13-/m0/s1. The van der Waals surface area contributed by atoms with Crippen molar-refractivity contribution in [3.05, 3.63) is 23.4 Å². The Kier molecular flexibility index (Phi) is 6.65. The summed E-state index contributed by atoms with van der Waals surface area (Å²) in [6, 6.07) is 4.31. The number of fused-ring (bicyclic) bond motifs is 1. The van der Waals surface area contributed by atoms with Crippen LogP contribution in [-0.4, -0.2) is 35.8 Å². The number of ether oxygens (including phenoxy) is 1. The van der Waals surface area contributed by atoms with Gasteiger partial charge in [0.25, 0.3) is 0 Å². The third-order valence-electron chi connectivity index (χ3n) is 4.04. The van der Waals surface area contributed by atoms with E-state index in [-0.39, 0.29) is 5.92 Å². The van der Waals surface area contributed by atoms with Gasteiger partial charge in [-0.1, -0.05) is 13.0 Å². The number of carbonyl (C=O) groups is 1. The molecule has 2 rings (SSSR count). The van der Waals surface area contributed by atoms with Gasteiger partial charge in [-0.15, -0.1) is 0 Å². The molecule has 122 valence electrons. The van der Waals surface area contributed by atoms with Crippen LogP contribution in [-0.2, 0) is 22.4 Å². The van der Waals surface area contributed by atoms with Gasteiger partial charge >= 0.3 is 5.97 Å². The molecule has 1 aliphatic rings. The summed E-state index contributed by atoms with van der Waals surface area (Å²) in [6.07, 6.45) is 5.87. The number of nitrogens with one attached hydrogen (secondary N) is 1. The lowest BCUT2D eigenvalue weighted by atomic mass is 10.1. The van der Waals surface area contributed by atoms with Crippen molar-refractivity contribution in [1.29, 1.82) is 0 Å². The molecule has 0 radical (unpaired) electrons. The van der Waals surface area contributed by atoms with Crippen LogP contribution in [0.4, 0.5) is 5.82 Å². The SMILES string of the molecule is C[C@@H](CCOCCCCc1ccc2c(n1)NCCC2)C(=O)O. The summed E-state index contributed by atoms with van der Waals surface area (Å²) in [5.41, 5.74) is 2.46. The van der Waals surface area contributed by atoms with E-state index in [2.05, 4.69) is 22.4 Å². The second kappa shape index (κ2) is 8.73. The Morgan fingerprint density at radius 1 is 1.41 bits per heavy atom. The van der Waals surface area contributed by atoms with E-state index in [1.165, 1.54) is 12.0 Å². The molecule has 0 saturated carbocycles. The molecule has 22 heavy (non-hydrogen) atoms. The second-order valence-corrected chi connectivity index (χ2v) is 5.94. The van der Waals surface area contributed by atoms with E-state index < -0.39 is 5.97 Å². The van der Waals surface area contributed by atoms with Gasteiger partial charge in [0.05, 0.1) is 5.92 Å². The first kappa shape index (κ1) is 16.7. The van der Waals surface area contributed by atoms with Gasteiger partial charge in [0.15, 0.2) is 0 Å². The number of pyridine rings is 1.